The number of para-hydroxylation sites is 1. The monoisotopic (exact) mass is 613 g/mol. The number of aromatic amines is 1. The van der Waals surface area contributed by atoms with Crippen LogP contribution in [0.3, 0.4) is 0 Å². The number of likely N-dealkylation sites (N-methyl/N-ethyl adjacent to an activating group) is 1. The fraction of sp³-hybridized carbons (Fsp3) is 0.357. The van der Waals surface area contributed by atoms with Gasteiger partial charge in [-0.25, -0.2) is 4.98 Å². The van der Waals surface area contributed by atoms with Crippen molar-refractivity contribution in [1.29, 1.82) is 0 Å². The quantitative estimate of drug-likeness (QED) is 0.104. The smallest absolute Gasteiger partial charge is 0.356 e. The van der Waals surface area contributed by atoms with Gasteiger partial charge in [0.15, 0.2) is 12.2 Å². The Labute approximate surface area is 249 Å². The first-order valence-electron chi connectivity index (χ1n) is 13.0. The molecule has 0 radical (unpaired) electrons. The molecule has 3 rings (SSSR count). The Morgan fingerprint density at radius 3 is 2.41 bits per heavy atom. The maximum absolute atomic E-state index is 11.9. The van der Waals surface area contributed by atoms with Crippen LogP contribution >= 0.6 is 24.8 Å². The first-order chi connectivity index (χ1) is 19.5. The fourth-order valence-electron chi connectivity index (χ4n) is 3.38. The van der Waals surface area contributed by atoms with Crippen LogP contribution in [-0.2, 0) is 15.8 Å². The number of rotatable bonds is 10. The molecule has 1 atom stereocenters. The van der Waals surface area contributed by atoms with Gasteiger partial charge in [0.1, 0.15) is 5.69 Å². The standard InChI is InChI=1S/C10H22N4OS2.C10H8N2O.C8H7F3/c1-2-13-10(15)8(12)3-4-9(17)14(7-16)6-5-11;13-7-12-9-5-8-3-1-2-4-10(8)11-6-9;1-6-2-4-7(5-3-6)8(9,10)11/h8,16H,2-7,11-12H2,1H3,(H,13,15);1-7H,(H,12,13);2-5H,1H3/p+3. The zero-order valence-electron chi connectivity index (χ0n) is 23.3. The van der Waals surface area contributed by atoms with Gasteiger partial charge in [0.25, 0.3) is 5.91 Å². The zero-order valence-corrected chi connectivity index (χ0v) is 25.0. The van der Waals surface area contributed by atoms with Crippen LogP contribution in [0.5, 0.6) is 0 Å². The molecule has 0 aliphatic heterocycles. The number of hydrogen-bond donors (Lipinski definition) is 5. The van der Waals surface area contributed by atoms with E-state index in [-0.39, 0.29) is 11.9 Å². The molecule has 13 heteroatoms. The Bertz CT molecular complexity index is 1230. The minimum absolute atomic E-state index is 0.00937. The van der Waals surface area contributed by atoms with Crippen LogP contribution in [0.4, 0.5) is 18.9 Å². The number of quaternary nitrogens is 2. The lowest BCUT2D eigenvalue weighted by molar-refractivity contribution is -0.404. The van der Waals surface area contributed by atoms with Crippen LogP contribution in [0, 0.1) is 6.92 Å². The van der Waals surface area contributed by atoms with E-state index in [0.717, 1.165) is 52.4 Å². The molecule has 0 spiro atoms. The molecule has 0 saturated heterocycles. The average molecular weight is 614 g/mol. The molecular formula is C28H40F3N6O2S2+3. The van der Waals surface area contributed by atoms with Gasteiger partial charge in [-0.1, -0.05) is 42.0 Å². The van der Waals surface area contributed by atoms with E-state index in [2.05, 4.69) is 39.7 Å². The number of halogens is 3. The summed E-state index contributed by atoms with van der Waals surface area (Å²) in [7, 11) is 0. The van der Waals surface area contributed by atoms with Crippen LogP contribution in [-0.4, -0.2) is 53.8 Å². The highest BCUT2D eigenvalue weighted by Crippen LogP contribution is 2.28. The minimum atomic E-state index is -4.21. The van der Waals surface area contributed by atoms with Crippen LogP contribution < -0.4 is 27.1 Å². The van der Waals surface area contributed by atoms with Crippen LogP contribution in [0.1, 0.15) is 30.9 Å². The van der Waals surface area contributed by atoms with Crippen molar-refractivity contribution in [3.05, 3.63) is 71.9 Å². The first-order valence-corrected chi connectivity index (χ1v) is 14.0. The highest BCUT2D eigenvalue weighted by Gasteiger charge is 2.29. The Hall–Kier alpha value is -3.26. The molecule has 2 amide bonds. The van der Waals surface area contributed by atoms with Gasteiger partial charge in [0.2, 0.25) is 11.9 Å². The SMILES string of the molecule is CCNC(=O)C([NH3+])CCC(=S)N(CS)CC[NH3+].Cc1ccc(C(F)(F)F)cc1.O=CNc1c[nH+]c2ccccc2c1. The van der Waals surface area contributed by atoms with E-state index in [9.17, 15) is 22.8 Å². The molecule has 2 aromatic carbocycles. The van der Waals surface area contributed by atoms with E-state index in [1.54, 1.807) is 13.1 Å². The van der Waals surface area contributed by atoms with Gasteiger partial charge in [0.05, 0.1) is 29.5 Å². The number of carbonyl (C=O) groups excluding carboxylic acids is 2. The van der Waals surface area contributed by atoms with Crippen LogP contribution in [0.25, 0.3) is 10.9 Å². The second-order valence-electron chi connectivity index (χ2n) is 8.88. The number of alkyl halides is 3. The molecule has 1 unspecified atom stereocenters. The number of hydrogen-bond acceptors (Lipinski definition) is 4. The van der Waals surface area contributed by atoms with Gasteiger partial charge < -0.3 is 27.0 Å². The summed E-state index contributed by atoms with van der Waals surface area (Å²) in [6.07, 6.45) is -0.421. The summed E-state index contributed by atoms with van der Waals surface area (Å²) in [6, 6.07) is 14.6. The maximum Gasteiger partial charge on any atom is 0.416 e. The third kappa shape index (κ3) is 13.8. The van der Waals surface area contributed by atoms with Gasteiger partial charge in [0, 0.05) is 30.8 Å². The summed E-state index contributed by atoms with van der Waals surface area (Å²) in [5.74, 6) is 0.585. The lowest BCUT2D eigenvalue weighted by Gasteiger charge is -2.21. The molecule has 0 aliphatic rings. The summed E-state index contributed by atoms with van der Waals surface area (Å²) >= 11 is 9.52. The number of carbonyl (C=O) groups is 2. The molecular weight excluding hydrogens is 573 g/mol. The number of fused-ring (bicyclic) bond motifs is 1. The zero-order chi connectivity index (χ0) is 30.8. The van der Waals surface area contributed by atoms with Crippen molar-refractivity contribution < 1.29 is 39.2 Å². The molecule has 8 nitrogen and oxygen atoms in total. The van der Waals surface area contributed by atoms with Crippen molar-refractivity contribution in [2.45, 2.75) is 38.9 Å². The van der Waals surface area contributed by atoms with E-state index >= 15 is 0 Å². The number of thiol groups is 1. The number of benzene rings is 2. The predicted molar refractivity (Wildman–Crippen MR) is 162 cm³/mol. The van der Waals surface area contributed by atoms with E-state index < -0.39 is 11.7 Å². The number of aromatic nitrogens is 1. The maximum atomic E-state index is 11.9. The van der Waals surface area contributed by atoms with Crippen LogP contribution in [0.15, 0.2) is 60.8 Å². The molecule has 41 heavy (non-hydrogen) atoms. The highest BCUT2D eigenvalue weighted by atomic mass is 32.1. The first kappa shape index (κ1) is 35.8. The summed E-state index contributed by atoms with van der Waals surface area (Å²) in [5, 5.41) is 6.42. The van der Waals surface area contributed by atoms with Gasteiger partial charge in [-0.3, -0.25) is 9.59 Å². The molecule has 1 aromatic heterocycles. The van der Waals surface area contributed by atoms with Gasteiger partial charge in [-0.2, -0.15) is 25.8 Å². The van der Waals surface area contributed by atoms with Crippen molar-refractivity contribution in [3.63, 3.8) is 0 Å². The summed E-state index contributed by atoms with van der Waals surface area (Å²) in [5.41, 5.74) is 9.69. The predicted octanol–water partition coefficient (Wildman–Crippen LogP) is 2.51. The average Bonchev–Trinajstić information content (AvgIpc) is 2.95. The van der Waals surface area contributed by atoms with E-state index in [1.165, 1.54) is 12.1 Å². The van der Waals surface area contributed by atoms with E-state index in [0.29, 0.717) is 31.7 Å². The number of anilines is 1. The number of thiocarbonyl (C=S) groups is 1. The van der Waals surface area contributed by atoms with Crippen molar-refractivity contribution in [2.24, 2.45) is 0 Å². The lowest BCUT2D eigenvalue weighted by Crippen LogP contribution is -2.67. The Kier molecular flexibility index (Phi) is 16.5. The number of nitrogens with zero attached hydrogens (tertiary/aromatic N) is 1. The van der Waals surface area contributed by atoms with Gasteiger partial charge >= 0.3 is 6.18 Å². The summed E-state index contributed by atoms with van der Waals surface area (Å²) in [6.45, 7) is 5.89. The van der Waals surface area contributed by atoms with Crippen LogP contribution in [0.2, 0.25) is 0 Å². The molecule has 0 fully saturated rings. The number of amides is 2. The van der Waals surface area contributed by atoms with Crippen molar-refractivity contribution >= 4 is 58.7 Å². The molecule has 0 bridgehead atoms. The molecule has 1 heterocycles. The van der Waals surface area contributed by atoms with Crippen molar-refractivity contribution in [2.75, 3.05) is 30.8 Å². The Morgan fingerprint density at radius 2 is 1.85 bits per heavy atom. The normalized spacial score (nSPS) is 11.2. The third-order valence-electron chi connectivity index (χ3n) is 5.64. The van der Waals surface area contributed by atoms with E-state index in [1.807, 2.05) is 42.2 Å². The second kappa shape index (κ2) is 19.0. The summed E-state index contributed by atoms with van der Waals surface area (Å²) in [4.78, 5) is 27.6. The third-order valence-corrected chi connectivity index (χ3v) is 6.44. The van der Waals surface area contributed by atoms with Gasteiger partial charge in [-0.05, 0) is 38.1 Å². The van der Waals surface area contributed by atoms with Crippen molar-refractivity contribution in [3.8, 4) is 0 Å². The Balaban J connectivity index is 0.000000314. The number of H-pyrrole nitrogens is 1. The molecule has 9 N–H and O–H groups in total. The number of aryl methyl sites for hydroxylation is 1. The summed E-state index contributed by atoms with van der Waals surface area (Å²) < 4.78 is 35.8. The van der Waals surface area contributed by atoms with Crippen molar-refractivity contribution in [1.82, 2.24) is 10.2 Å². The fourth-order valence-corrected chi connectivity index (χ4v) is 4.07. The van der Waals surface area contributed by atoms with Gasteiger partial charge in [-0.15, -0.1) is 0 Å². The largest absolute Gasteiger partial charge is 0.416 e. The molecule has 0 aliphatic carbocycles. The molecule has 0 saturated carbocycles. The minimum Gasteiger partial charge on any atom is -0.356 e. The number of pyridine rings is 1. The van der Waals surface area contributed by atoms with E-state index in [4.69, 9.17) is 12.2 Å². The molecule has 3 aromatic rings. The number of nitrogens with one attached hydrogen (secondary N) is 3. The second-order valence-corrected chi connectivity index (χ2v) is 9.64. The molecule has 224 valence electrons. The lowest BCUT2D eigenvalue weighted by atomic mass is 10.1. The highest BCUT2D eigenvalue weighted by molar-refractivity contribution is 7.81. The Morgan fingerprint density at radius 1 is 1.20 bits per heavy atom. The topological polar surface area (TPSA) is 131 Å².